The first-order chi connectivity index (χ1) is 9.75. The molecule has 20 heavy (non-hydrogen) atoms. The second-order valence-corrected chi connectivity index (χ2v) is 6.12. The van der Waals surface area contributed by atoms with Crippen LogP contribution in [0.15, 0.2) is 34.9 Å². The molecule has 3 nitrogen and oxygen atoms in total. The van der Waals surface area contributed by atoms with Crippen molar-refractivity contribution < 1.29 is 9.84 Å². The summed E-state index contributed by atoms with van der Waals surface area (Å²) in [5.74, 6) is 0. The summed E-state index contributed by atoms with van der Waals surface area (Å²) in [6, 6.07) is 7.87. The standard InChI is InChI=1S/C16H18BrNO2/c17-14-7-6-13(16-12(14)4-1-9-18-16)15(19)8-5-11-3-2-10-20-11/h1,4,6-7,9,11,15,19H,2-3,5,8,10H2. The lowest BCUT2D eigenvalue weighted by Gasteiger charge is -2.16. The minimum Gasteiger partial charge on any atom is -0.388 e. The van der Waals surface area contributed by atoms with E-state index < -0.39 is 6.10 Å². The minimum atomic E-state index is -0.482. The fourth-order valence-corrected chi connectivity index (χ4v) is 3.25. The van der Waals surface area contributed by atoms with Gasteiger partial charge in [-0.2, -0.15) is 0 Å². The lowest BCUT2D eigenvalue weighted by Crippen LogP contribution is -2.08. The molecule has 1 saturated heterocycles. The molecule has 106 valence electrons. The van der Waals surface area contributed by atoms with Crippen LogP contribution in [0.2, 0.25) is 0 Å². The molecule has 4 heteroatoms. The van der Waals surface area contributed by atoms with E-state index in [1.54, 1.807) is 6.20 Å². The maximum atomic E-state index is 10.5. The molecule has 1 fully saturated rings. The summed E-state index contributed by atoms with van der Waals surface area (Å²) in [5, 5.41) is 11.5. The number of aliphatic hydroxyl groups is 1. The number of ether oxygens (including phenoxy) is 1. The molecule has 1 aromatic carbocycles. The van der Waals surface area contributed by atoms with Crippen molar-refractivity contribution >= 4 is 26.8 Å². The zero-order chi connectivity index (χ0) is 13.9. The molecule has 1 aliphatic rings. The molecule has 0 spiro atoms. The van der Waals surface area contributed by atoms with Gasteiger partial charge < -0.3 is 9.84 Å². The molecule has 0 radical (unpaired) electrons. The number of rotatable bonds is 4. The van der Waals surface area contributed by atoms with Gasteiger partial charge in [0, 0.05) is 28.2 Å². The number of aliphatic hydroxyl groups excluding tert-OH is 1. The lowest BCUT2D eigenvalue weighted by molar-refractivity contribution is 0.0815. The van der Waals surface area contributed by atoms with E-state index in [0.29, 0.717) is 6.10 Å². The molecular weight excluding hydrogens is 318 g/mol. The van der Waals surface area contributed by atoms with Crippen molar-refractivity contribution in [2.24, 2.45) is 0 Å². The number of hydrogen-bond donors (Lipinski definition) is 1. The Morgan fingerprint density at radius 3 is 3.10 bits per heavy atom. The van der Waals surface area contributed by atoms with Crippen molar-refractivity contribution in [2.45, 2.75) is 37.9 Å². The highest BCUT2D eigenvalue weighted by molar-refractivity contribution is 9.10. The highest BCUT2D eigenvalue weighted by Crippen LogP contribution is 2.31. The number of nitrogens with zero attached hydrogens (tertiary/aromatic N) is 1. The molecule has 0 amide bonds. The van der Waals surface area contributed by atoms with Crippen LogP contribution in [0.1, 0.15) is 37.4 Å². The van der Waals surface area contributed by atoms with E-state index >= 15 is 0 Å². The van der Waals surface area contributed by atoms with Crippen molar-refractivity contribution in [3.63, 3.8) is 0 Å². The predicted octanol–water partition coefficient (Wildman–Crippen LogP) is 3.99. The summed E-state index contributed by atoms with van der Waals surface area (Å²) in [6.45, 7) is 0.865. The number of benzene rings is 1. The first kappa shape index (κ1) is 14.0. The van der Waals surface area contributed by atoms with Crippen molar-refractivity contribution in [2.75, 3.05) is 6.61 Å². The molecule has 1 aliphatic heterocycles. The number of halogens is 1. The van der Waals surface area contributed by atoms with Gasteiger partial charge in [0.2, 0.25) is 0 Å². The van der Waals surface area contributed by atoms with Gasteiger partial charge in [-0.25, -0.2) is 0 Å². The Balaban J connectivity index is 1.80. The van der Waals surface area contributed by atoms with Crippen LogP contribution in [-0.2, 0) is 4.74 Å². The first-order valence-corrected chi connectivity index (χ1v) is 7.88. The fourth-order valence-electron chi connectivity index (χ4n) is 2.80. The van der Waals surface area contributed by atoms with Crippen LogP contribution in [0.25, 0.3) is 10.9 Å². The SMILES string of the molecule is OC(CCC1CCCO1)c1ccc(Br)c2cccnc12. The Morgan fingerprint density at radius 2 is 2.30 bits per heavy atom. The van der Waals surface area contributed by atoms with E-state index in [9.17, 15) is 5.11 Å². The van der Waals surface area contributed by atoms with Gasteiger partial charge in [0.1, 0.15) is 0 Å². The van der Waals surface area contributed by atoms with Crippen molar-refractivity contribution in [1.29, 1.82) is 0 Å². The second-order valence-electron chi connectivity index (χ2n) is 5.26. The number of aromatic nitrogens is 1. The van der Waals surface area contributed by atoms with Crippen LogP contribution in [0.3, 0.4) is 0 Å². The zero-order valence-corrected chi connectivity index (χ0v) is 12.8. The Labute approximate surface area is 127 Å². The third-order valence-electron chi connectivity index (χ3n) is 3.89. The van der Waals surface area contributed by atoms with E-state index in [1.807, 2.05) is 24.3 Å². The van der Waals surface area contributed by atoms with Gasteiger partial charge in [-0.1, -0.05) is 28.1 Å². The van der Waals surface area contributed by atoms with Crippen molar-refractivity contribution in [1.82, 2.24) is 4.98 Å². The molecule has 2 atom stereocenters. The molecular formula is C16H18BrNO2. The van der Waals surface area contributed by atoms with Crippen LogP contribution < -0.4 is 0 Å². The smallest absolute Gasteiger partial charge is 0.0812 e. The van der Waals surface area contributed by atoms with Crippen molar-refractivity contribution in [3.05, 3.63) is 40.5 Å². The molecule has 0 saturated carbocycles. The van der Waals surface area contributed by atoms with Gasteiger partial charge in [0.15, 0.2) is 0 Å². The Bertz CT molecular complexity index is 596. The van der Waals surface area contributed by atoms with Crippen LogP contribution in [-0.4, -0.2) is 22.8 Å². The molecule has 1 N–H and O–H groups in total. The Hall–Kier alpha value is -0.970. The fraction of sp³-hybridized carbons (Fsp3) is 0.438. The molecule has 0 aliphatic carbocycles. The number of pyridine rings is 1. The van der Waals surface area contributed by atoms with Crippen LogP contribution in [0.4, 0.5) is 0 Å². The van der Waals surface area contributed by atoms with Crippen LogP contribution in [0, 0.1) is 0 Å². The molecule has 2 aromatic rings. The largest absolute Gasteiger partial charge is 0.388 e. The normalized spacial score (nSPS) is 20.4. The van der Waals surface area contributed by atoms with Crippen LogP contribution >= 0.6 is 15.9 Å². The monoisotopic (exact) mass is 335 g/mol. The molecule has 2 heterocycles. The highest BCUT2D eigenvalue weighted by Gasteiger charge is 2.19. The van der Waals surface area contributed by atoms with Gasteiger partial charge in [-0.05, 0) is 37.8 Å². The second kappa shape index (κ2) is 6.20. The van der Waals surface area contributed by atoms with E-state index in [0.717, 1.165) is 53.2 Å². The van der Waals surface area contributed by atoms with Crippen LogP contribution in [0.5, 0.6) is 0 Å². The predicted molar refractivity (Wildman–Crippen MR) is 82.6 cm³/mol. The third-order valence-corrected chi connectivity index (χ3v) is 4.58. The summed E-state index contributed by atoms with van der Waals surface area (Å²) < 4.78 is 6.62. The molecule has 3 rings (SSSR count). The van der Waals surface area contributed by atoms with Gasteiger partial charge in [0.25, 0.3) is 0 Å². The van der Waals surface area contributed by atoms with Gasteiger partial charge in [0.05, 0.1) is 17.7 Å². The summed E-state index contributed by atoms with van der Waals surface area (Å²) in [5.41, 5.74) is 1.78. The average Bonchev–Trinajstić information content (AvgIpc) is 2.99. The topological polar surface area (TPSA) is 42.4 Å². The number of hydrogen-bond acceptors (Lipinski definition) is 3. The van der Waals surface area contributed by atoms with E-state index in [4.69, 9.17) is 4.74 Å². The van der Waals surface area contributed by atoms with E-state index in [-0.39, 0.29) is 0 Å². The Morgan fingerprint density at radius 1 is 1.40 bits per heavy atom. The minimum absolute atomic E-state index is 0.319. The lowest BCUT2D eigenvalue weighted by atomic mass is 9.99. The maximum absolute atomic E-state index is 10.5. The summed E-state index contributed by atoms with van der Waals surface area (Å²) in [7, 11) is 0. The van der Waals surface area contributed by atoms with Gasteiger partial charge in [-0.3, -0.25) is 4.98 Å². The molecule has 2 unspecified atom stereocenters. The number of fused-ring (bicyclic) bond motifs is 1. The first-order valence-electron chi connectivity index (χ1n) is 7.08. The molecule has 0 bridgehead atoms. The highest BCUT2D eigenvalue weighted by atomic mass is 79.9. The zero-order valence-electron chi connectivity index (χ0n) is 11.3. The average molecular weight is 336 g/mol. The van der Waals surface area contributed by atoms with E-state index in [2.05, 4.69) is 20.9 Å². The molecule has 1 aromatic heterocycles. The van der Waals surface area contributed by atoms with E-state index in [1.165, 1.54) is 0 Å². The summed E-state index contributed by atoms with van der Waals surface area (Å²) in [4.78, 5) is 4.42. The van der Waals surface area contributed by atoms with Gasteiger partial charge in [-0.15, -0.1) is 0 Å². The third kappa shape index (κ3) is 2.87. The quantitative estimate of drug-likeness (QED) is 0.918. The van der Waals surface area contributed by atoms with Gasteiger partial charge >= 0.3 is 0 Å². The summed E-state index contributed by atoms with van der Waals surface area (Å²) >= 11 is 3.53. The Kier molecular flexibility index (Phi) is 4.34. The summed E-state index contributed by atoms with van der Waals surface area (Å²) in [6.07, 6.45) is 5.49. The van der Waals surface area contributed by atoms with Crippen molar-refractivity contribution in [3.8, 4) is 0 Å². The maximum Gasteiger partial charge on any atom is 0.0812 e.